The molecule has 0 bridgehead atoms. The highest BCUT2D eigenvalue weighted by molar-refractivity contribution is 5.98. The lowest BCUT2D eigenvalue weighted by atomic mass is 9.93. The van der Waals surface area contributed by atoms with Crippen molar-refractivity contribution in [2.75, 3.05) is 62.1 Å². The number of ether oxygens (including phenoxy) is 4. The molecule has 2 fully saturated rings. The number of amides is 6. The highest BCUT2D eigenvalue weighted by Gasteiger charge is 2.47. The van der Waals surface area contributed by atoms with Crippen molar-refractivity contribution in [1.29, 1.82) is 0 Å². The number of rotatable bonds is 8. The van der Waals surface area contributed by atoms with E-state index in [-0.39, 0.29) is 43.1 Å². The van der Waals surface area contributed by atoms with E-state index in [4.69, 9.17) is 18.9 Å². The van der Waals surface area contributed by atoms with Crippen molar-refractivity contribution < 1.29 is 62.4 Å². The molecule has 0 aromatic heterocycles. The molecule has 0 unspecified atom stereocenters. The second kappa shape index (κ2) is 29.5. The zero-order valence-corrected chi connectivity index (χ0v) is 48.5. The summed E-state index contributed by atoms with van der Waals surface area (Å²) in [5.41, 5.74) is 0.639. The molecule has 19 nitrogen and oxygen atoms in total. The molecule has 3 aliphatic heterocycles. The molecule has 1 N–H and O–H groups in total. The van der Waals surface area contributed by atoms with Gasteiger partial charge in [0, 0.05) is 54.5 Å². The largest absolute Gasteiger partial charge is 0.496 e. The molecule has 0 radical (unpaired) electrons. The third-order valence-electron chi connectivity index (χ3n) is 16.0. The van der Waals surface area contributed by atoms with Crippen LogP contribution in [-0.2, 0) is 57.3 Å². The predicted molar refractivity (Wildman–Crippen MR) is 284 cm³/mol. The monoisotopic (exact) mass is 1060 g/mol. The third kappa shape index (κ3) is 16.0. The van der Waals surface area contributed by atoms with Gasteiger partial charge in [0.15, 0.2) is 0 Å². The van der Waals surface area contributed by atoms with Gasteiger partial charge in [-0.25, -0.2) is 4.79 Å². The van der Waals surface area contributed by atoms with E-state index >= 15 is 0 Å². The molecule has 75 heavy (non-hydrogen) atoms. The maximum atomic E-state index is 14.8. The van der Waals surface area contributed by atoms with Crippen molar-refractivity contribution in [1.82, 2.24) is 29.4 Å². The molecule has 0 aliphatic carbocycles. The van der Waals surface area contributed by atoms with E-state index < -0.39 is 114 Å². The molecule has 0 saturated carbocycles. The number of allylic oxidation sites excluding steroid dienone is 2. The maximum Gasteiger partial charge on any atom is 0.329 e. The fourth-order valence-electron chi connectivity index (χ4n) is 10.6. The van der Waals surface area contributed by atoms with Gasteiger partial charge < -0.3 is 53.5 Å². The van der Waals surface area contributed by atoms with Crippen molar-refractivity contribution >= 4 is 47.4 Å². The number of nitrogens with zero attached hydrogens (tertiary/aromatic N) is 6. The van der Waals surface area contributed by atoms with Crippen molar-refractivity contribution in [3.05, 3.63) is 23.5 Å². The minimum Gasteiger partial charge on any atom is -0.496 e. The number of esters is 2. The molecule has 426 valence electrons. The number of aliphatic hydroxyl groups is 1. The Kier molecular flexibility index (Phi) is 25.2. The van der Waals surface area contributed by atoms with Crippen LogP contribution in [0.25, 0.3) is 0 Å². The van der Waals surface area contributed by atoms with Crippen LogP contribution in [0.4, 0.5) is 0 Å². The van der Waals surface area contributed by atoms with Gasteiger partial charge in [-0.2, -0.15) is 0 Å². The standard InChI is InChI=1S/C56H94N6O13/c1-18-35(7)49-53(68)60(15)47(33(3)4)52(67)57(12)43(32-72-16)51(66)61-29-21-24-41(61)50(65)59(14)48(34(5)6)54(69)62-30-22-25-42(62)56(71)75-40(19-2)23-20-26-44(63)38(10)55(70)74-39(11)36(8)27-28-37(9)45(73-17)31-46(64)58(49)13/h28,31,33-36,38-44,47-49,63H,18-27,29-30,32H2,1-17H3/b37-28-,45-31+/t35-,36-,38+,39+,40+,41-,42-,43-,44+,47-,48-,49-/m0/s1. The molecular formula is C56H94N6O13. The van der Waals surface area contributed by atoms with Crippen molar-refractivity contribution in [2.45, 2.75) is 195 Å². The first kappa shape index (κ1) is 64.2. The minimum atomic E-state index is -1.19. The van der Waals surface area contributed by atoms with Crippen LogP contribution >= 0.6 is 0 Å². The number of aliphatic hydroxyl groups excluding tert-OH is 1. The van der Waals surface area contributed by atoms with Crippen molar-refractivity contribution in [2.24, 2.45) is 29.6 Å². The molecule has 3 rings (SSSR count). The summed E-state index contributed by atoms with van der Waals surface area (Å²) in [4.78, 5) is 123. The number of cyclic esters (lactones) is 2. The Morgan fingerprint density at radius 1 is 0.653 bits per heavy atom. The number of hydrogen-bond acceptors (Lipinski definition) is 13. The zero-order valence-electron chi connectivity index (χ0n) is 48.5. The highest BCUT2D eigenvalue weighted by Crippen LogP contribution is 2.29. The Balaban J connectivity index is 2.11. The number of fused-ring (bicyclic) bond motifs is 2. The van der Waals surface area contributed by atoms with Crippen LogP contribution < -0.4 is 0 Å². The summed E-state index contributed by atoms with van der Waals surface area (Å²) < 4.78 is 23.1. The maximum absolute atomic E-state index is 14.8. The Labute approximate surface area is 448 Å². The molecule has 0 spiro atoms. The number of hydrogen-bond donors (Lipinski definition) is 1. The van der Waals surface area contributed by atoms with Gasteiger partial charge in [-0.1, -0.05) is 67.9 Å². The minimum absolute atomic E-state index is 0.165. The Morgan fingerprint density at radius 3 is 1.75 bits per heavy atom. The molecule has 6 amide bonds. The summed E-state index contributed by atoms with van der Waals surface area (Å²) in [7, 11) is 8.94. The lowest BCUT2D eigenvalue weighted by molar-refractivity contribution is -0.162. The van der Waals surface area contributed by atoms with Gasteiger partial charge in [0.1, 0.15) is 54.2 Å². The molecule has 12 atom stereocenters. The van der Waals surface area contributed by atoms with Gasteiger partial charge in [-0.05, 0) is 108 Å². The summed E-state index contributed by atoms with van der Waals surface area (Å²) >= 11 is 0. The quantitative estimate of drug-likeness (QED) is 0.310. The van der Waals surface area contributed by atoms with Crippen molar-refractivity contribution in [3.8, 4) is 0 Å². The number of methoxy groups -OCH3 is 2. The molecule has 0 aromatic carbocycles. The van der Waals surface area contributed by atoms with Crippen LogP contribution in [0.1, 0.15) is 140 Å². The van der Waals surface area contributed by atoms with E-state index in [1.165, 1.54) is 70.8 Å². The van der Waals surface area contributed by atoms with Crippen LogP contribution in [0.5, 0.6) is 0 Å². The molecule has 2 saturated heterocycles. The Bertz CT molecular complexity index is 2040. The first-order chi connectivity index (χ1) is 35.2. The summed E-state index contributed by atoms with van der Waals surface area (Å²) in [5, 5.41) is 11.1. The van der Waals surface area contributed by atoms with Gasteiger partial charge in [-0.15, -0.1) is 0 Å². The van der Waals surface area contributed by atoms with E-state index in [9.17, 15) is 43.5 Å². The number of carbonyl (C=O) groups excluding carboxylic acids is 8. The molecule has 3 heterocycles. The van der Waals surface area contributed by atoms with E-state index in [0.29, 0.717) is 69.9 Å². The highest BCUT2D eigenvalue weighted by atomic mass is 16.5. The summed E-state index contributed by atoms with van der Waals surface area (Å²) in [6, 6.07) is -6.08. The lowest BCUT2D eigenvalue weighted by Gasteiger charge is -2.41. The zero-order chi connectivity index (χ0) is 56.8. The SMILES string of the molecule is CC[C@@H]1CCC[C@@H](O)[C@@H](C)C(=O)O[C@H](C)[C@@H](C)C/C=C(C)\C(OC)=C/C(=O)N(C)[C@@H]([C@@H](C)CC)C(=O)N(C)[C@@H](C(C)C)C(=O)N(C)[C@@H](COC)C(=O)N2CCC[C@H]2C(=O)N(C)[C@@H](C(C)C)C(=O)N2CCC[C@H]2C(=O)O1. The van der Waals surface area contributed by atoms with Crippen LogP contribution in [0.3, 0.4) is 0 Å². The van der Waals surface area contributed by atoms with Crippen LogP contribution in [0.2, 0.25) is 0 Å². The fourth-order valence-corrected chi connectivity index (χ4v) is 10.6. The number of carbonyl (C=O) groups is 8. The molecule has 0 aromatic rings. The summed E-state index contributed by atoms with van der Waals surface area (Å²) in [6.45, 7) is 20.3. The summed E-state index contributed by atoms with van der Waals surface area (Å²) in [5.74, 6) is -5.91. The first-order valence-corrected chi connectivity index (χ1v) is 27.4. The predicted octanol–water partition coefficient (Wildman–Crippen LogP) is 5.22. The van der Waals surface area contributed by atoms with E-state index in [0.717, 1.165) is 0 Å². The van der Waals surface area contributed by atoms with Gasteiger partial charge in [0.05, 0.1) is 25.7 Å². The molecule has 3 aliphatic rings. The average molecular weight is 1060 g/mol. The molecular weight excluding hydrogens is 965 g/mol. The second-order valence-electron chi connectivity index (χ2n) is 22.1. The first-order valence-electron chi connectivity index (χ1n) is 27.4. The topological polar surface area (TPSA) is 213 Å². The normalized spacial score (nSPS) is 32.1. The summed E-state index contributed by atoms with van der Waals surface area (Å²) in [6.07, 6.45) is 5.49. The average Bonchev–Trinajstić information content (AvgIpc) is 4.08. The van der Waals surface area contributed by atoms with E-state index in [1.807, 2.05) is 47.6 Å². The van der Waals surface area contributed by atoms with Gasteiger partial charge in [-0.3, -0.25) is 33.6 Å². The lowest BCUT2D eigenvalue weighted by Crippen LogP contribution is -2.62. The Hall–Kier alpha value is -5.04. The van der Waals surface area contributed by atoms with E-state index in [1.54, 1.807) is 41.7 Å². The molecule has 19 heteroatoms. The van der Waals surface area contributed by atoms with E-state index in [2.05, 4.69) is 0 Å². The third-order valence-corrected chi connectivity index (χ3v) is 16.0. The van der Waals surface area contributed by atoms with Crippen LogP contribution in [0, 0.1) is 29.6 Å². The second-order valence-corrected chi connectivity index (χ2v) is 22.1. The van der Waals surface area contributed by atoms with Gasteiger partial charge in [0.25, 0.3) is 5.91 Å². The van der Waals surface area contributed by atoms with Gasteiger partial charge in [0.2, 0.25) is 29.5 Å². The Morgan fingerprint density at radius 2 is 1.20 bits per heavy atom. The smallest absolute Gasteiger partial charge is 0.329 e. The van der Waals surface area contributed by atoms with Gasteiger partial charge >= 0.3 is 11.9 Å². The fraction of sp³-hybridized carbons (Fsp3) is 0.786. The number of likely N-dealkylation sites (N-methyl/N-ethyl adjacent to an activating group) is 4. The van der Waals surface area contributed by atoms with Crippen LogP contribution in [-0.4, -0.2) is 199 Å². The van der Waals surface area contributed by atoms with Crippen molar-refractivity contribution in [3.63, 3.8) is 0 Å². The van der Waals surface area contributed by atoms with Crippen LogP contribution in [0.15, 0.2) is 23.5 Å².